The van der Waals surface area contributed by atoms with Crippen LogP contribution in [0.5, 0.6) is 5.75 Å². The number of esters is 1. The highest BCUT2D eigenvalue weighted by molar-refractivity contribution is 6.04. The maximum atomic E-state index is 13.6. The molecule has 3 aliphatic rings. The van der Waals surface area contributed by atoms with Crippen molar-refractivity contribution in [3.63, 3.8) is 0 Å². The van der Waals surface area contributed by atoms with Crippen LogP contribution in [0.4, 0.5) is 0 Å². The summed E-state index contributed by atoms with van der Waals surface area (Å²) in [6, 6.07) is 6.93. The van der Waals surface area contributed by atoms with Crippen LogP contribution in [0.2, 0.25) is 0 Å². The van der Waals surface area contributed by atoms with Crippen LogP contribution >= 0.6 is 0 Å². The number of dihydropyridines is 1. The fraction of sp³-hybridized carbons (Fsp3) is 0.625. The average Bonchev–Trinajstić information content (AvgIpc) is 2.90. The number of carbonyl (C=O) groups excluding carboxylic acids is 2. The number of aromatic hydroxyl groups is 1. The Morgan fingerprint density at radius 1 is 1.08 bits per heavy atom. The lowest BCUT2D eigenvalue weighted by Gasteiger charge is -2.39. The van der Waals surface area contributed by atoms with Crippen molar-refractivity contribution in [1.82, 2.24) is 5.32 Å². The van der Waals surface area contributed by atoms with Gasteiger partial charge in [0.25, 0.3) is 0 Å². The maximum Gasteiger partial charge on any atom is 0.337 e. The molecule has 1 aromatic rings. The fourth-order valence-corrected chi connectivity index (χ4v) is 6.03. The molecule has 1 saturated carbocycles. The molecule has 3 atom stereocenters. The minimum atomic E-state index is -0.519. The molecule has 2 N–H and O–H groups in total. The zero-order valence-corrected chi connectivity index (χ0v) is 24.2. The second-order valence-corrected chi connectivity index (χ2v) is 10.1. The summed E-state index contributed by atoms with van der Waals surface area (Å²) in [6.45, 7) is 13.9. The predicted molar refractivity (Wildman–Crippen MR) is 151 cm³/mol. The molecule has 0 spiro atoms. The Bertz CT molecular complexity index is 971. The highest BCUT2D eigenvalue weighted by atomic mass is 16.5. The minimum Gasteiger partial charge on any atom is -0.508 e. The van der Waals surface area contributed by atoms with Crippen LogP contribution in [0.3, 0.4) is 0 Å². The van der Waals surface area contributed by atoms with Crippen LogP contribution in [0.1, 0.15) is 118 Å². The van der Waals surface area contributed by atoms with Crippen LogP contribution in [0.15, 0.2) is 46.8 Å². The molecule has 4 rings (SSSR count). The monoisotopic (exact) mass is 511 g/mol. The lowest BCUT2D eigenvalue weighted by atomic mass is 9.68. The molecule has 3 unspecified atom stereocenters. The van der Waals surface area contributed by atoms with E-state index < -0.39 is 5.92 Å². The Morgan fingerprint density at radius 3 is 2.38 bits per heavy atom. The molecule has 0 bridgehead atoms. The van der Waals surface area contributed by atoms with E-state index in [0.717, 1.165) is 36.2 Å². The molecule has 0 saturated heterocycles. The summed E-state index contributed by atoms with van der Waals surface area (Å²) in [5.74, 6) is 0.300. The predicted octanol–water partition coefficient (Wildman–Crippen LogP) is 7.95. The molecule has 0 amide bonds. The molecular weight excluding hydrogens is 462 g/mol. The number of hydrogen-bond donors (Lipinski definition) is 2. The van der Waals surface area contributed by atoms with Crippen molar-refractivity contribution in [2.24, 2.45) is 11.8 Å². The van der Waals surface area contributed by atoms with Gasteiger partial charge in [-0.2, -0.15) is 0 Å². The van der Waals surface area contributed by atoms with Crippen molar-refractivity contribution in [3.05, 3.63) is 52.4 Å². The third-order valence-corrected chi connectivity index (χ3v) is 7.60. The van der Waals surface area contributed by atoms with Crippen molar-refractivity contribution >= 4 is 11.8 Å². The van der Waals surface area contributed by atoms with E-state index in [1.165, 1.54) is 32.1 Å². The number of rotatable bonds is 6. The lowest BCUT2D eigenvalue weighted by Crippen LogP contribution is -2.38. The van der Waals surface area contributed by atoms with E-state index in [2.05, 4.69) is 12.2 Å². The lowest BCUT2D eigenvalue weighted by molar-refractivity contribution is -0.144. The summed E-state index contributed by atoms with van der Waals surface area (Å²) >= 11 is 0. The first kappa shape index (κ1) is 30.7. The third-order valence-electron chi connectivity index (χ3n) is 7.60. The number of ether oxygens (including phenoxy) is 1. The zero-order valence-electron chi connectivity index (χ0n) is 24.2. The van der Waals surface area contributed by atoms with Crippen LogP contribution in [0, 0.1) is 11.8 Å². The van der Waals surface area contributed by atoms with Gasteiger partial charge in [-0.3, -0.25) is 4.79 Å². The van der Waals surface area contributed by atoms with Gasteiger partial charge in [0.2, 0.25) is 0 Å². The molecule has 1 aliphatic heterocycles. The van der Waals surface area contributed by atoms with E-state index in [9.17, 15) is 14.7 Å². The number of phenolic OH excluding ortho intramolecular Hbond substituents is 1. The van der Waals surface area contributed by atoms with Gasteiger partial charge < -0.3 is 15.2 Å². The average molecular weight is 512 g/mol. The van der Waals surface area contributed by atoms with Gasteiger partial charge in [0, 0.05) is 29.3 Å². The van der Waals surface area contributed by atoms with Crippen LogP contribution in [-0.2, 0) is 14.3 Å². The Morgan fingerprint density at radius 2 is 1.76 bits per heavy atom. The van der Waals surface area contributed by atoms with E-state index >= 15 is 0 Å². The van der Waals surface area contributed by atoms with E-state index in [-0.39, 0.29) is 23.6 Å². The number of phenols is 1. The van der Waals surface area contributed by atoms with Crippen molar-refractivity contribution in [2.45, 2.75) is 118 Å². The molecule has 5 heteroatoms. The van der Waals surface area contributed by atoms with Gasteiger partial charge in [0.15, 0.2) is 5.78 Å². The Kier molecular flexibility index (Phi) is 12.4. The van der Waals surface area contributed by atoms with Crippen molar-refractivity contribution in [1.29, 1.82) is 0 Å². The molecule has 1 aromatic carbocycles. The SMILES string of the molecule is CC.CC.CCCC(C)OC(=O)C1=C(C)NC2=C(C(=O)CC(C3CCCCC3)C2)C1c1cccc(O)c1. The second kappa shape index (κ2) is 15.0. The normalized spacial score (nSPS) is 22.5. The van der Waals surface area contributed by atoms with Gasteiger partial charge >= 0.3 is 5.97 Å². The highest BCUT2D eigenvalue weighted by Gasteiger charge is 2.42. The first-order valence-corrected chi connectivity index (χ1v) is 14.6. The largest absolute Gasteiger partial charge is 0.508 e. The van der Waals surface area contributed by atoms with Gasteiger partial charge in [-0.05, 0) is 56.2 Å². The first-order valence-electron chi connectivity index (χ1n) is 14.6. The molecule has 1 fully saturated rings. The second-order valence-electron chi connectivity index (χ2n) is 10.1. The van der Waals surface area contributed by atoms with Crippen LogP contribution in [0.25, 0.3) is 0 Å². The summed E-state index contributed by atoms with van der Waals surface area (Å²) < 4.78 is 5.78. The van der Waals surface area contributed by atoms with Gasteiger partial charge in [-0.25, -0.2) is 4.79 Å². The summed E-state index contributed by atoms with van der Waals surface area (Å²) in [6.07, 6.45) is 9.12. The highest BCUT2D eigenvalue weighted by Crippen LogP contribution is 2.47. The molecule has 37 heavy (non-hydrogen) atoms. The number of nitrogens with one attached hydrogen (secondary N) is 1. The number of ketones is 1. The van der Waals surface area contributed by atoms with Crippen molar-refractivity contribution < 1.29 is 19.4 Å². The fourth-order valence-electron chi connectivity index (χ4n) is 6.03. The Labute approximate surface area is 224 Å². The van der Waals surface area contributed by atoms with Gasteiger partial charge in [-0.15, -0.1) is 0 Å². The third kappa shape index (κ3) is 7.49. The summed E-state index contributed by atoms with van der Waals surface area (Å²) in [7, 11) is 0. The number of allylic oxidation sites excluding steroid dienone is 3. The number of hydrogen-bond acceptors (Lipinski definition) is 5. The maximum absolute atomic E-state index is 13.6. The summed E-state index contributed by atoms with van der Waals surface area (Å²) in [4.78, 5) is 27.0. The van der Waals surface area contributed by atoms with Crippen LogP contribution < -0.4 is 5.32 Å². The van der Waals surface area contributed by atoms with E-state index in [4.69, 9.17) is 4.74 Å². The number of benzene rings is 1. The van der Waals surface area contributed by atoms with Crippen LogP contribution in [-0.4, -0.2) is 23.0 Å². The molecule has 206 valence electrons. The molecular formula is C32H49NO4. The van der Waals surface area contributed by atoms with Gasteiger partial charge in [-0.1, -0.05) is 85.3 Å². The summed E-state index contributed by atoms with van der Waals surface area (Å²) in [5, 5.41) is 13.6. The quantitative estimate of drug-likeness (QED) is 0.379. The van der Waals surface area contributed by atoms with E-state index in [1.54, 1.807) is 18.2 Å². The minimum absolute atomic E-state index is 0.118. The van der Waals surface area contributed by atoms with E-state index in [1.807, 2.05) is 47.6 Å². The van der Waals surface area contributed by atoms with Gasteiger partial charge in [0.05, 0.1) is 11.7 Å². The smallest absolute Gasteiger partial charge is 0.337 e. The summed E-state index contributed by atoms with van der Waals surface area (Å²) in [5.41, 5.74) is 3.60. The van der Waals surface area contributed by atoms with Gasteiger partial charge in [0.1, 0.15) is 5.75 Å². The molecule has 0 radical (unpaired) electrons. The van der Waals surface area contributed by atoms with Crippen molar-refractivity contribution in [3.8, 4) is 5.75 Å². The number of Topliss-reactive ketones (excluding diaryl/α,β-unsaturated/α-hetero) is 1. The van der Waals surface area contributed by atoms with E-state index in [0.29, 0.717) is 29.4 Å². The molecule has 1 heterocycles. The standard InChI is InChI=1S/C28H37NO4.2C2H6/c1-4-9-17(2)33-28(32)25-18(3)29-23-15-21(19-10-6-5-7-11-19)16-24(31)27(23)26(25)20-12-8-13-22(30)14-20;2*1-2/h8,12-14,17,19,21,26,29-30H,4-7,9-11,15-16H2,1-3H3;2*1-2H3. The molecule has 0 aromatic heterocycles. The van der Waals surface area contributed by atoms with Crippen molar-refractivity contribution in [2.75, 3.05) is 0 Å². The Hall–Kier alpha value is -2.56. The topological polar surface area (TPSA) is 75.6 Å². The molecule has 5 nitrogen and oxygen atoms in total. The number of carbonyl (C=O) groups is 2. The zero-order chi connectivity index (χ0) is 27.5. The molecule has 2 aliphatic carbocycles. The first-order chi connectivity index (χ1) is 17.9. The Balaban J connectivity index is 0.00000115.